The molecular formula is C11H20N2O4S. The molecule has 1 aliphatic heterocycles. The highest BCUT2D eigenvalue weighted by Crippen LogP contribution is 2.31. The van der Waals surface area contributed by atoms with Gasteiger partial charge in [0.15, 0.2) is 0 Å². The van der Waals surface area contributed by atoms with Crippen molar-refractivity contribution >= 4 is 16.0 Å². The third-order valence-corrected chi connectivity index (χ3v) is 4.91. The molecule has 1 atom stereocenters. The summed E-state index contributed by atoms with van der Waals surface area (Å²) < 4.78 is 25.6. The van der Waals surface area contributed by atoms with Gasteiger partial charge in [-0.15, -0.1) is 0 Å². The Morgan fingerprint density at radius 2 is 2.06 bits per heavy atom. The zero-order valence-electron chi connectivity index (χ0n) is 10.3. The molecular weight excluding hydrogens is 256 g/mol. The van der Waals surface area contributed by atoms with Gasteiger partial charge in [-0.05, 0) is 31.7 Å². The lowest BCUT2D eigenvalue weighted by Crippen LogP contribution is -2.33. The molecule has 1 saturated carbocycles. The fourth-order valence-corrected chi connectivity index (χ4v) is 3.42. The molecule has 1 saturated heterocycles. The maximum Gasteiger partial charge on any atom is 0.304 e. The van der Waals surface area contributed by atoms with Gasteiger partial charge in [-0.2, -0.15) is 0 Å². The van der Waals surface area contributed by atoms with Gasteiger partial charge in [0.25, 0.3) is 0 Å². The number of carboxylic acid groups (broad SMARTS) is 1. The van der Waals surface area contributed by atoms with Crippen molar-refractivity contribution in [2.75, 3.05) is 25.4 Å². The zero-order chi connectivity index (χ0) is 13.2. The lowest BCUT2D eigenvalue weighted by molar-refractivity contribution is -0.136. The summed E-state index contributed by atoms with van der Waals surface area (Å²) in [4.78, 5) is 12.8. The third kappa shape index (κ3) is 4.22. The molecule has 6 nitrogen and oxygen atoms in total. The Morgan fingerprint density at radius 3 is 2.67 bits per heavy atom. The van der Waals surface area contributed by atoms with E-state index >= 15 is 0 Å². The van der Waals surface area contributed by atoms with Crippen LogP contribution in [0.1, 0.15) is 25.7 Å². The van der Waals surface area contributed by atoms with Crippen LogP contribution in [0.15, 0.2) is 0 Å². The van der Waals surface area contributed by atoms with E-state index < -0.39 is 16.0 Å². The summed E-state index contributed by atoms with van der Waals surface area (Å²) in [6, 6.07) is 0.735. The van der Waals surface area contributed by atoms with Gasteiger partial charge in [-0.25, -0.2) is 13.1 Å². The highest BCUT2D eigenvalue weighted by atomic mass is 32.2. The number of aliphatic carboxylic acids is 1. The topological polar surface area (TPSA) is 86.7 Å². The molecule has 1 aliphatic carbocycles. The predicted molar refractivity (Wildman–Crippen MR) is 66.7 cm³/mol. The Morgan fingerprint density at radius 1 is 1.33 bits per heavy atom. The average molecular weight is 276 g/mol. The number of hydrogen-bond donors (Lipinski definition) is 2. The molecule has 0 spiro atoms. The molecule has 2 fully saturated rings. The Labute approximate surface area is 107 Å². The highest BCUT2D eigenvalue weighted by molar-refractivity contribution is 7.89. The first-order chi connectivity index (χ1) is 8.46. The number of rotatable bonds is 7. The number of sulfonamides is 1. The van der Waals surface area contributed by atoms with Crippen LogP contribution < -0.4 is 4.72 Å². The van der Waals surface area contributed by atoms with E-state index in [-0.39, 0.29) is 12.2 Å². The second-order valence-electron chi connectivity index (χ2n) is 5.19. The van der Waals surface area contributed by atoms with Crippen LogP contribution in [0.25, 0.3) is 0 Å². The number of nitrogens with one attached hydrogen (secondary N) is 1. The minimum Gasteiger partial charge on any atom is -0.481 e. The van der Waals surface area contributed by atoms with E-state index in [9.17, 15) is 13.2 Å². The van der Waals surface area contributed by atoms with Crippen molar-refractivity contribution in [2.45, 2.75) is 31.7 Å². The monoisotopic (exact) mass is 276 g/mol. The lowest BCUT2D eigenvalue weighted by atomic mass is 10.1. The van der Waals surface area contributed by atoms with E-state index in [1.54, 1.807) is 0 Å². The molecule has 0 amide bonds. The Hall–Kier alpha value is -0.660. The van der Waals surface area contributed by atoms with Gasteiger partial charge >= 0.3 is 5.97 Å². The van der Waals surface area contributed by atoms with Crippen molar-refractivity contribution in [1.29, 1.82) is 0 Å². The minimum absolute atomic E-state index is 0.332. The van der Waals surface area contributed by atoms with Crippen LogP contribution in [0.3, 0.4) is 0 Å². The van der Waals surface area contributed by atoms with Crippen LogP contribution in [0.2, 0.25) is 0 Å². The summed E-state index contributed by atoms with van der Waals surface area (Å²) in [5.41, 5.74) is 0. The molecule has 18 heavy (non-hydrogen) atoms. The molecule has 0 bridgehead atoms. The van der Waals surface area contributed by atoms with Crippen molar-refractivity contribution in [3.05, 3.63) is 0 Å². The van der Waals surface area contributed by atoms with E-state index in [1.165, 1.54) is 12.8 Å². The van der Waals surface area contributed by atoms with Gasteiger partial charge < -0.3 is 10.0 Å². The van der Waals surface area contributed by atoms with Gasteiger partial charge in [0.2, 0.25) is 10.0 Å². The second kappa shape index (κ2) is 5.54. The minimum atomic E-state index is -3.44. The SMILES string of the molecule is O=C(O)CCS(=O)(=O)NCC1CCN(C2CC2)C1. The molecule has 7 heteroatoms. The molecule has 2 rings (SSSR count). The molecule has 2 N–H and O–H groups in total. The molecule has 0 radical (unpaired) electrons. The first kappa shape index (κ1) is 13.8. The number of nitrogens with zero attached hydrogens (tertiary/aromatic N) is 1. The largest absolute Gasteiger partial charge is 0.481 e. The van der Waals surface area contributed by atoms with Crippen LogP contribution in [-0.2, 0) is 14.8 Å². The molecule has 1 unspecified atom stereocenters. The first-order valence-corrected chi connectivity index (χ1v) is 8.05. The third-order valence-electron chi connectivity index (χ3n) is 3.56. The van der Waals surface area contributed by atoms with Gasteiger partial charge in [-0.3, -0.25) is 4.79 Å². The predicted octanol–water partition coefficient (Wildman–Crippen LogP) is -0.135. The first-order valence-electron chi connectivity index (χ1n) is 6.39. The smallest absolute Gasteiger partial charge is 0.304 e. The normalized spacial score (nSPS) is 25.4. The van der Waals surface area contributed by atoms with Gasteiger partial charge in [0.05, 0.1) is 12.2 Å². The molecule has 0 aromatic rings. The van der Waals surface area contributed by atoms with Crippen molar-refractivity contribution in [3.8, 4) is 0 Å². The van der Waals surface area contributed by atoms with Crippen molar-refractivity contribution in [3.63, 3.8) is 0 Å². The maximum atomic E-state index is 11.5. The van der Waals surface area contributed by atoms with Crippen LogP contribution in [0.5, 0.6) is 0 Å². The average Bonchev–Trinajstić information content (AvgIpc) is 3.04. The fraction of sp³-hybridized carbons (Fsp3) is 0.909. The maximum absolute atomic E-state index is 11.5. The van der Waals surface area contributed by atoms with Crippen molar-refractivity contribution < 1.29 is 18.3 Å². The summed E-state index contributed by atoms with van der Waals surface area (Å²) >= 11 is 0. The summed E-state index contributed by atoms with van der Waals surface area (Å²) in [6.45, 7) is 2.46. The van der Waals surface area contributed by atoms with E-state index in [2.05, 4.69) is 9.62 Å². The van der Waals surface area contributed by atoms with Crippen LogP contribution >= 0.6 is 0 Å². The number of hydrogen-bond acceptors (Lipinski definition) is 4. The Bertz CT molecular complexity index is 405. The van der Waals surface area contributed by atoms with Gasteiger partial charge in [0.1, 0.15) is 0 Å². The fourth-order valence-electron chi connectivity index (χ4n) is 2.34. The van der Waals surface area contributed by atoms with Crippen molar-refractivity contribution in [2.24, 2.45) is 5.92 Å². The molecule has 104 valence electrons. The molecule has 2 aliphatic rings. The van der Waals surface area contributed by atoms with Gasteiger partial charge in [0, 0.05) is 19.1 Å². The summed E-state index contributed by atoms with van der Waals surface area (Å²) in [5.74, 6) is -1.05. The standard InChI is InChI=1S/C11H20N2O4S/c14-11(15)4-6-18(16,17)12-7-9-3-5-13(8-9)10-1-2-10/h9-10,12H,1-8H2,(H,14,15). The van der Waals surface area contributed by atoms with Crippen molar-refractivity contribution in [1.82, 2.24) is 9.62 Å². The van der Waals surface area contributed by atoms with Gasteiger partial charge in [-0.1, -0.05) is 0 Å². The van der Waals surface area contributed by atoms with E-state index in [0.29, 0.717) is 12.5 Å². The van der Waals surface area contributed by atoms with E-state index in [0.717, 1.165) is 25.6 Å². The Kier molecular flexibility index (Phi) is 4.24. The second-order valence-corrected chi connectivity index (χ2v) is 7.12. The van der Waals surface area contributed by atoms with E-state index in [4.69, 9.17) is 5.11 Å². The quantitative estimate of drug-likeness (QED) is 0.676. The molecule has 0 aromatic carbocycles. The van der Waals surface area contributed by atoms with Crippen LogP contribution in [0, 0.1) is 5.92 Å². The molecule has 1 heterocycles. The Balaban J connectivity index is 1.69. The highest BCUT2D eigenvalue weighted by Gasteiger charge is 2.34. The lowest BCUT2D eigenvalue weighted by Gasteiger charge is -2.15. The van der Waals surface area contributed by atoms with E-state index in [1.807, 2.05) is 0 Å². The summed E-state index contributed by atoms with van der Waals surface area (Å²) in [7, 11) is -3.44. The number of likely N-dealkylation sites (tertiary alicyclic amines) is 1. The number of carboxylic acids is 1. The molecule has 0 aromatic heterocycles. The summed E-state index contributed by atoms with van der Waals surface area (Å²) in [5, 5.41) is 8.46. The van der Waals surface area contributed by atoms with Crippen LogP contribution in [0.4, 0.5) is 0 Å². The van der Waals surface area contributed by atoms with Crippen LogP contribution in [-0.4, -0.2) is 55.8 Å². The number of carbonyl (C=O) groups is 1. The summed E-state index contributed by atoms with van der Waals surface area (Å²) in [6.07, 6.45) is 3.24. The zero-order valence-corrected chi connectivity index (χ0v) is 11.2.